The van der Waals surface area contributed by atoms with E-state index in [1.807, 2.05) is 0 Å². The van der Waals surface area contributed by atoms with E-state index in [1.165, 1.54) is 13.0 Å². The number of ether oxygens (including phenoxy) is 1. The van der Waals surface area contributed by atoms with E-state index in [0.717, 1.165) is 24.3 Å². The van der Waals surface area contributed by atoms with Crippen molar-refractivity contribution >= 4 is 5.91 Å². The van der Waals surface area contributed by atoms with Gasteiger partial charge in [-0.3, -0.25) is 9.59 Å². The summed E-state index contributed by atoms with van der Waals surface area (Å²) in [4.78, 5) is 30.2. The average molecular weight is 525 g/mol. The first-order valence-electron chi connectivity index (χ1n) is 11.2. The Balaban J connectivity index is 1.40. The van der Waals surface area contributed by atoms with Crippen LogP contribution in [0.3, 0.4) is 0 Å². The van der Waals surface area contributed by atoms with Crippen molar-refractivity contribution in [2.75, 3.05) is 0 Å². The Hall–Kier alpha value is -3.67. The smallest absolute Gasteiger partial charge is 0.373 e. The number of carbonyl (C=O) groups excluding carboxylic acids is 1. The molecule has 0 spiro atoms. The highest BCUT2D eigenvalue weighted by Crippen LogP contribution is 2.38. The molecule has 2 N–H and O–H groups in total. The molecule has 3 aromatic rings. The van der Waals surface area contributed by atoms with Gasteiger partial charge in [0, 0.05) is 29.8 Å². The van der Waals surface area contributed by atoms with Crippen LogP contribution in [0.2, 0.25) is 0 Å². The van der Waals surface area contributed by atoms with Crippen molar-refractivity contribution in [2.24, 2.45) is 5.92 Å². The maximum absolute atomic E-state index is 15.3. The van der Waals surface area contributed by atoms with Crippen molar-refractivity contribution in [2.45, 2.75) is 45.2 Å². The zero-order valence-corrected chi connectivity index (χ0v) is 19.4. The van der Waals surface area contributed by atoms with Crippen molar-refractivity contribution in [3.8, 4) is 11.4 Å². The summed E-state index contributed by atoms with van der Waals surface area (Å²) >= 11 is 0. The number of halogens is 6. The normalized spacial score (nSPS) is 17.4. The van der Waals surface area contributed by atoms with Gasteiger partial charge in [0.2, 0.25) is 5.91 Å². The third kappa shape index (κ3) is 6.01. The number of hydrogen-bond acceptors (Lipinski definition) is 4. The van der Waals surface area contributed by atoms with Gasteiger partial charge in [0.1, 0.15) is 11.6 Å². The molecule has 0 bridgehead atoms. The van der Waals surface area contributed by atoms with Gasteiger partial charge in [-0.15, -0.1) is 0 Å². The molecule has 196 valence electrons. The number of aryl methyl sites for hydroxylation is 1. The number of aromatic amines is 1. The van der Waals surface area contributed by atoms with E-state index in [0.29, 0.717) is 24.5 Å². The number of nitrogens with one attached hydrogen (secondary N) is 2. The molecule has 1 heterocycles. The van der Waals surface area contributed by atoms with Crippen molar-refractivity contribution in [3.05, 3.63) is 86.6 Å². The molecule has 0 saturated heterocycles. The highest BCUT2D eigenvalue weighted by molar-refractivity contribution is 5.79. The Labute approximate surface area is 206 Å². The summed E-state index contributed by atoms with van der Waals surface area (Å²) in [6.07, 6.45) is -4.53. The van der Waals surface area contributed by atoms with E-state index in [-0.39, 0.29) is 30.5 Å². The summed E-state index contributed by atoms with van der Waals surface area (Å²) in [5, 5.41) is 2.51. The second kappa shape index (κ2) is 10.4. The molecule has 0 unspecified atom stereocenters. The Morgan fingerprint density at radius 1 is 1.11 bits per heavy atom. The fraction of sp³-hybridized carbons (Fsp3) is 0.320. The monoisotopic (exact) mass is 525 g/mol. The van der Waals surface area contributed by atoms with Gasteiger partial charge in [-0.05, 0) is 43.5 Å². The van der Waals surface area contributed by atoms with Crippen molar-refractivity contribution in [3.63, 3.8) is 0 Å². The maximum atomic E-state index is 15.3. The topological polar surface area (TPSA) is 84.1 Å². The van der Waals surface area contributed by atoms with Gasteiger partial charge in [-0.2, -0.15) is 13.2 Å². The Morgan fingerprint density at radius 3 is 2.49 bits per heavy atom. The molecule has 2 aromatic carbocycles. The number of amides is 1. The molecule has 1 amide bonds. The number of alkyl halides is 3. The third-order valence-corrected chi connectivity index (χ3v) is 6.02. The van der Waals surface area contributed by atoms with Crippen molar-refractivity contribution in [1.29, 1.82) is 0 Å². The Morgan fingerprint density at radius 2 is 1.84 bits per heavy atom. The Bertz CT molecular complexity index is 1380. The van der Waals surface area contributed by atoms with Gasteiger partial charge in [0.25, 0.3) is 5.56 Å². The maximum Gasteiger partial charge on any atom is 0.417 e. The van der Waals surface area contributed by atoms with Crippen LogP contribution in [0, 0.1) is 30.3 Å². The summed E-state index contributed by atoms with van der Waals surface area (Å²) in [5.74, 6) is -4.68. The second-order valence-corrected chi connectivity index (χ2v) is 8.76. The first-order chi connectivity index (χ1) is 17.4. The number of aromatic nitrogens is 2. The lowest BCUT2D eigenvalue weighted by Gasteiger charge is -2.34. The van der Waals surface area contributed by atoms with Crippen molar-refractivity contribution in [1.82, 2.24) is 15.3 Å². The Kier molecular flexibility index (Phi) is 7.39. The highest BCUT2D eigenvalue weighted by atomic mass is 19.4. The van der Waals surface area contributed by atoms with Crippen LogP contribution in [-0.4, -0.2) is 22.0 Å². The van der Waals surface area contributed by atoms with Gasteiger partial charge in [0.05, 0.1) is 23.8 Å². The van der Waals surface area contributed by atoms with Gasteiger partial charge in [-0.1, -0.05) is 12.1 Å². The van der Waals surface area contributed by atoms with Crippen LogP contribution in [0.4, 0.5) is 26.3 Å². The molecule has 12 heteroatoms. The molecule has 0 atom stereocenters. The molecule has 1 aromatic heterocycles. The first-order valence-corrected chi connectivity index (χ1v) is 11.2. The van der Waals surface area contributed by atoms with Gasteiger partial charge in [-0.25, -0.2) is 18.2 Å². The van der Waals surface area contributed by atoms with Crippen LogP contribution >= 0.6 is 0 Å². The van der Waals surface area contributed by atoms with E-state index >= 15 is 4.39 Å². The third-order valence-electron chi connectivity index (χ3n) is 6.02. The fourth-order valence-corrected chi connectivity index (χ4v) is 4.01. The quantitative estimate of drug-likeness (QED) is 0.435. The van der Waals surface area contributed by atoms with Gasteiger partial charge < -0.3 is 15.0 Å². The molecule has 0 aliphatic heterocycles. The number of H-pyrrole nitrogens is 1. The summed E-state index contributed by atoms with van der Waals surface area (Å²) in [5.41, 5.74) is -2.63. The number of hydrogen-bond donors (Lipinski definition) is 2. The molecule has 4 rings (SSSR count). The molecule has 37 heavy (non-hydrogen) atoms. The molecular weight excluding hydrogens is 504 g/mol. The predicted molar refractivity (Wildman–Crippen MR) is 119 cm³/mol. The molecule has 1 saturated carbocycles. The van der Waals surface area contributed by atoms with E-state index in [1.54, 1.807) is 0 Å². The lowest BCUT2D eigenvalue weighted by atomic mass is 9.81. The number of benzene rings is 2. The van der Waals surface area contributed by atoms with Gasteiger partial charge >= 0.3 is 6.18 Å². The molecular formula is C25H21F6N3O3. The predicted octanol–water partition coefficient (Wildman–Crippen LogP) is 4.79. The number of rotatable bonds is 7. The number of carbonyl (C=O) groups is 1. The minimum Gasteiger partial charge on any atom is -0.373 e. The van der Waals surface area contributed by atoms with E-state index in [2.05, 4.69) is 15.3 Å². The highest BCUT2D eigenvalue weighted by Gasteiger charge is 2.38. The van der Waals surface area contributed by atoms with Crippen LogP contribution in [0.15, 0.2) is 41.2 Å². The summed E-state index contributed by atoms with van der Waals surface area (Å²) in [6.45, 7) is 1.04. The van der Waals surface area contributed by atoms with Gasteiger partial charge in [0.15, 0.2) is 11.6 Å². The molecule has 1 fully saturated rings. The standard InChI is InChI=1S/C25H21F6N3O3/c1-12-6-20(35)34-23(33-12)21-17(25(29,30)31)4-3-14(22(21)28)10-32-24(36)15-8-16(9-15)37-11-13-2-5-18(26)19(27)7-13/h2-7,15-16H,8-11H2,1H3,(H,32,36)(H,33,34,35)/t15-,16-. The summed E-state index contributed by atoms with van der Waals surface area (Å²) in [7, 11) is 0. The SMILES string of the molecule is Cc1cc(=O)[nH]c(-c2c(C(F)(F)F)ccc(CNC(=O)[C@H]3C[C@H](OCc4ccc(F)c(F)c4)C3)c2F)n1. The molecule has 6 nitrogen and oxygen atoms in total. The second-order valence-electron chi connectivity index (χ2n) is 8.76. The van der Waals surface area contributed by atoms with Crippen molar-refractivity contribution < 1.29 is 35.9 Å². The van der Waals surface area contributed by atoms with Crippen LogP contribution < -0.4 is 10.9 Å². The first kappa shape index (κ1) is 26.4. The summed E-state index contributed by atoms with van der Waals surface area (Å²) in [6, 6.07) is 6.05. The van der Waals surface area contributed by atoms with E-state index in [9.17, 15) is 31.5 Å². The lowest BCUT2D eigenvalue weighted by Crippen LogP contribution is -2.42. The van der Waals surface area contributed by atoms with E-state index < -0.39 is 58.0 Å². The van der Waals surface area contributed by atoms with E-state index in [4.69, 9.17) is 4.74 Å². The average Bonchev–Trinajstić information content (AvgIpc) is 2.77. The molecule has 1 aliphatic rings. The van der Waals surface area contributed by atoms with Crippen LogP contribution in [0.5, 0.6) is 0 Å². The lowest BCUT2D eigenvalue weighted by molar-refractivity contribution is -0.137. The molecule has 1 aliphatic carbocycles. The zero-order chi connectivity index (χ0) is 26.9. The minimum atomic E-state index is -4.92. The fourth-order valence-electron chi connectivity index (χ4n) is 4.01. The largest absolute Gasteiger partial charge is 0.417 e. The van der Waals surface area contributed by atoms with Crippen LogP contribution in [0.1, 0.15) is 35.2 Å². The van der Waals surface area contributed by atoms with Crippen LogP contribution in [0.25, 0.3) is 11.4 Å². The van der Waals surface area contributed by atoms with Crippen LogP contribution in [-0.2, 0) is 28.9 Å². The number of nitrogens with zero attached hydrogens (tertiary/aromatic N) is 1. The zero-order valence-electron chi connectivity index (χ0n) is 19.4. The summed E-state index contributed by atoms with van der Waals surface area (Å²) < 4.78 is 87.8. The minimum absolute atomic E-state index is 0.0326. The molecule has 0 radical (unpaired) electrons.